The Hall–Kier alpha value is 0.431. The Labute approximate surface area is 159 Å². The van der Waals surface area contributed by atoms with Gasteiger partial charge in [0.15, 0.2) is 0 Å². The van der Waals surface area contributed by atoms with Crippen LogP contribution in [0, 0.1) is 0 Å². The molecule has 0 atom stereocenters. The van der Waals surface area contributed by atoms with Gasteiger partial charge in [-0.1, -0.05) is 23.7 Å². The average Bonchev–Trinajstić information content (AvgIpc) is 2.37. The number of halogens is 3. The van der Waals surface area contributed by atoms with Crippen LogP contribution in [0.2, 0.25) is 0 Å². The van der Waals surface area contributed by atoms with Gasteiger partial charge in [-0.3, -0.25) is 0 Å². The maximum Gasteiger partial charge on any atom is 1.00 e. The third-order valence-electron chi connectivity index (χ3n) is 2.39. The Bertz CT molecular complexity index is 377. The van der Waals surface area contributed by atoms with Gasteiger partial charge in [-0.25, -0.2) is 0 Å². The summed E-state index contributed by atoms with van der Waals surface area (Å²) in [4.78, 5) is 0. The van der Waals surface area contributed by atoms with E-state index in [4.69, 9.17) is 14.2 Å². The molecule has 0 heterocycles. The molecule has 0 amide bonds. The molecule has 0 fully saturated rings. The summed E-state index contributed by atoms with van der Waals surface area (Å²) >= 11 is 0. The van der Waals surface area contributed by atoms with Gasteiger partial charge in [-0.2, -0.15) is 0 Å². The van der Waals surface area contributed by atoms with E-state index in [1.165, 1.54) is 18.2 Å². The number of para-hydroxylation sites is 1. The Morgan fingerprint density at radius 3 is 2.35 bits per heavy atom. The summed E-state index contributed by atoms with van der Waals surface area (Å²) in [6, 6.07) is 5.20. The Morgan fingerprint density at radius 2 is 1.70 bits per heavy atom. The van der Waals surface area contributed by atoms with Crippen LogP contribution in [0.4, 0.5) is 12.9 Å². The van der Waals surface area contributed by atoms with Crippen LogP contribution in [0.15, 0.2) is 24.3 Å². The van der Waals surface area contributed by atoms with Crippen molar-refractivity contribution in [3.05, 3.63) is 24.3 Å². The Balaban J connectivity index is 0.00000361. The predicted molar refractivity (Wildman–Crippen MR) is 68.0 cm³/mol. The van der Waals surface area contributed by atoms with Gasteiger partial charge >= 0.3 is 58.4 Å². The fourth-order valence-corrected chi connectivity index (χ4v) is 1.50. The van der Waals surface area contributed by atoms with Crippen molar-refractivity contribution in [2.24, 2.45) is 0 Å². The summed E-state index contributed by atoms with van der Waals surface area (Å²) in [5.74, 6) is -0.143. The summed E-state index contributed by atoms with van der Waals surface area (Å²) < 4.78 is 53.2. The normalized spacial score (nSPS) is 11.0. The van der Waals surface area contributed by atoms with Crippen LogP contribution in [0.1, 0.15) is 6.42 Å². The average molecular weight is 316 g/mol. The molecule has 0 N–H and O–H groups in total. The molecule has 0 aromatic heterocycles. The number of hydrogen-bond donors (Lipinski definition) is 0. The second-order valence-electron chi connectivity index (χ2n) is 3.92. The molecule has 0 aliphatic rings. The van der Waals surface area contributed by atoms with E-state index in [2.05, 4.69) is 0 Å². The van der Waals surface area contributed by atoms with E-state index in [1.54, 1.807) is 7.11 Å². The topological polar surface area (TPSA) is 27.7 Å². The van der Waals surface area contributed by atoms with Gasteiger partial charge < -0.3 is 27.2 Å². The van der Waals surface area contributed by atoms with Crippen molar-refractivity contribution in [1.82, 2.24) is 0 Å². The van der Waals surface area contributed by atoms with Crippen LogP contribution >= 0.6 is 0 Å². The zero-order chi connectivity index (χ0) is 14.1. The Kier molecular flexibility index (Phi) is 11.3. The molecule has 3 nitrogen and oxygen atoms in total. The number of hydrogen-bond acceptors (Lipinski definition) is 3. The minimum atomic E-state index is -5.05. The first kappa shape index (κ1) is 20.4. The van der Waals surface area contributed by atoms with E-state index >= 15 is 0 Å². The van der Waals surface area contributed by atoms with Crippen molar-refractivity contribution in [2.75, 3.05) is 33.5 Å². The molecular weight excluding hydrogens is 299 g/mol. The van der Waals surface area contributed by atoms with Crippen LogP contribution in [0.5, 0.6) is 5.75 Å². The summed E-state index contributed by atoms with van der Waals surface area (Å²) in [6.45, 7) is -3.61. The predicted octanol–water partition coefficient (Wildman–Crippen LogP) is -0.823. The second kappa shape index (κ2) is 11.1. The maximum absolute atomic E-state index is 12.7. The van der Waals surface area contributed by atoms with E-state index < -0.39 is 12.4 Å². The van der Waals surface area contributed by atoms with Crippen LogP contribution in [0.3, 0.4) is 0 Å². The maximum atomic E-state index is 12.7. The van der Waals surface area contributed by atoms with E-state index in [0.29, 0.717) is 13.2 Å². The smallest absolute Gasteiger partial charge is 0.494 e. The van der Waals surface area contributed by atoms with Crippen LogP contribution in [-0.2, 0) is 9.47 Å². The van der Waals surface area contributed by atoms with E-state index in [-0.39, 0.29) is 70.3 Å². The second-order valence-corrected chi connectivity index (χ2v) is 3.92. The summed E-state index contributed by atoms with van der Waals surface area (Å²) in [7, 11) is 1.60. The van der Waals surface area contributed by atoms with Gasteiger partial charge in [0.1, 0.15) is 6.61 Å². The molecule has 8 heteroatoms. The third kappa shape index (κ3) is 8.02. The molecule has 0 spiro atoms. The number of ether oxygens (including phenoxy) is 3. The van der Waals surface area contributed by atoms with Gasteiger partial charge in [-0.05, 0) is 12.5 Å². The van der Waals surface area contributed by atoms with Gasteiger partial charge in [0.2, 0.25) is 0 Å². The zero-order valence-electron chi connectivity index (χ0n) is 11.8. The fourth-order valence-electron chi connectivity index (χ4n) is 1.50. The molecule has 1 aromatic carbocycles. The molecule has 20 heavy (non-hydrogen) atoms. The van der Waals surface area contributed by atoms with E-state index in [1.807, 2.05) is 0 Å². The quantitative estimate of drug-likeness (QED) is 0.440. The van der Waals surface area contributed by atoms with Crippen LogP contribution in [0.25, 0.3) is 0 Å². The first-order valence-electron chi connectivity index (χ1n) is 6.04. The SMILES string of the molecule is COCCCOCCOc1ccccc1[B-](F)(F)F.[K+]. The van der Waals surface area contributed by atoms with Crippen molar-refractivity contribution >= 4 is 12.4 Å². The summed E-state index contributed by atoms with van der Waals surface area (Å²) in [6.07, 6.45) is 0.749. The van der Waals surface area contributed by atoms with Crippen molar-refractivity contribution in [1.29, 1.82) is 0 Å². The zero-order valence-corrected chi connectivity index (χ0v) is 14.9. The molecule has 0 bridgehead atoms. The van der Waals surface area contributed by atoms with Crippen molar-refractivity contribution in [3.8, 4) is 5.75 Å². The van der Waals surface area contributed by atoms with E-state index in [0.717, 1.165) is 12.5 Å². The molecule has 1 aromatic rings. The largest absolute Gasteiger partial charge is 1.00 e. The molecule has 0 saturated carbocycles. The monoisotopic (exact) mass is 316 g/mol. The molecule has 1 rings (SSSR count). The standard InChI is InChI=1S/C12H17BF3O3.K/c1-17-7-4-8-18-9-10-19-12-6-3-2-5-11(12)13(14,15)16;/h2-3,5-6H,4,7-10H2,1H3;/q-1;+1. The van der Waals surface area contributed by atoms with E-state index in [9.17, 15) is 12.9 Å². The molecular formula is C12H17BF3KO3. The third-order valence-corrected chi connectivity index (χ3v) is 2.39. The minimum Gasteiger partial charge on any atom is -0.494 e. The molecule has 0 saturated heterocycles. The Morgan fingerprint density at radius 1 is 1.00 bits per heavy atom. The molecule has 108 valence electrons. The van der Waals surface area contributed by atoms with Crippen molar-refractivity contribution in [2.45, 2.75) is 6.42 Å². The van der Waals surface area contributed by atoms with Gasteiger partial charge in [-0.15, -0.1) is 0 Å². The number of rotatable bonds is 9. The van der Waals surface area contributed by atoms with Crippen molar-refractivity contribution in [3.63, 3.8) is 0 Å². The summed E-state index contributed by atoms with van der Waals surface area (Å²) in [5.41, 5.74) is -0.707. The molecule has 0 aliphatic heterocycles. The summed E-state index contributed by atoms with van der Waals surface area (Å²) in [5, 5.41) is 0. The first-order chi connectivity index (χ1) is 9.05. The molecule has 0 radical (unpaired) electrons. The minimum absolute atomic E-state index is 0. The van der Waals surface area contributed by atoms with Crippen LogP contribution in [-0.4, -0.2) is 40.5 Å². The molecule has 0 aliphatic carbocycles. The molecule has 0 unspecified atom stereocenters. The number of methoxy groups -OCH3 is 1. The number of benzene rings is 1. The van der Waals surface area contributed by atoms with Crippen LogP contribution < -0.4 is 61.6 Å². The first-order valence-corrected chi connectivity index (χ1v) is 6.04. The van der Waals surface area contributed by atoms with Crippen molar-refractivity contribution < 1.29 is 78.5 Å². The van der Waals surface area contributed by atoms with Gasteiger partial charge in [0.25, 0.3) is 0 Å². The fraction of sp³-hybridized carbons (Fsp3) is 0.500. The van der Waals surface area contributed by atoms with Gasteiger partial charge in [0.05, 0.1) is 12.4 Å². The van der Waals surface area contributed by atoms with Gasteiger partial charge in [0, 0.05) is 20.3 Å².